The summed E-state index contributed by atoms with van der Waals surface area (Å²) in [5.74, 6) is 0.632. The summed E-state index contributed by atoms with van der Waals surface area (Å²) < 4.78 is 14.1. The summed E-state index contributed by atoms with van der Waals surface area (Å²) in [7, 11) is 5.90. The van der Waals surface area contributed by atoms with Crippen LogP contribution in [0.15, 0.2) is 53.5 Å². The lowest BCUT2D eigenvalue weighted by Crippen LogP contribution is -2.41. The van der Waals surface area contributed by atoms with E-state index in [1.807, 2.05) is 12.1 Å². The van der Waals surface area contributed by atoms with Crippen molar-refractivity contribution >= 4 is 29.9 Å². The average molecular weight is 496 g/mol. The molecule has 0 aromatic heterocycles. The average Bonchev–Trinajstić information content (AvgIpc) is 3.44. The van der Waals surface area contributed by atoms with Gasteiger partial charge in [-0.1, -0.05) is 42.5 Å². The van der Waals surface area contributed by atoms with Gasteiger partial charge in [0.2, 0.25) is 0 Å². The third-order valence-corrected chi connectivity index (χ3v) is 5.10. The molecule has 1 aliphatic rings. The number of aliphatic imine (C=N–C) groups is 1. The Labute approximate surface area is 184 Å². The molecule has 0 radical (unpaired) electrons. The van der Waals surface area contributed by atoms with Crippen molar-refractivity contribution in [2.75, 3.05) is 27.7 Å². The number of hydrogen-bond acceptors (Lipinski definition) is 2. The molecule has 0 bridgehead atoms. The second-order valence-electron chi connectivity index (χ2n) is 7.59. The first-order valence-electron chi connectivity index (χ1n) is 9.44. The second kappa shape index (κ2) is 10.2. The molecule has 0 atom stereocenters. The molecule has 6 heteroatoms. The van der Waals surface area contributed by atoms with Gasteiger partial charge in [-0.25, -0.2) is 4.39 Å². The van der Waals surface area contributed by atoms with Gasteiger partial charge >= 0.3 is 0 Å². The van der Waals surface area contributed by atoms with E-state index < -0.39 is 0 Å². The molecular weight excluding hydrogens is 466 g/mol. The summed E-state index contributed by atoms with van der Waals surface area (Å²) in [6.45, 7) is 2.33. The van der Waals surface area contributed by atoms with Gasteiger partial charge in [-0.2, -0.15) is 0 Å². The maximum absolute atomic E-state index is 14.1. The molecule has 2 aromatic carbocycles. The van der Waals surface area contributed by atoms with Gasteiger partial charge in [-0.05, 0) is 49.7 Å². The number of guanidine groups is 1. The van der Waals surface area contributed by atoms with Gasteiger partial charge in [0.15, 0.2) is 5.96 Å². The van der Waals surface area contributed by atoms with Crippen LogP contribution in [0.5, 0.6) is 0 Å². The quantitative estimate of drug-likeness (QED) is 0.347. The zero-order chi connectivity index (χ0) is 19.3. The molecule has 4 nitrogen and oxygen atoms in total. The van der Waals surface area contributed by atoms with Crippen LogP contribution in [0.1, 0.15) is 29.5 Å². The van der Waals surface area contributed by atoms with Gasteiger partial charge in [0.25, 0.3) is 0 Å². The second-order valence-corrected chi connectivity index (χ2v) is 7.59. The number of rotatable bonds is 7. The predicted molar refractivity (Wildman–Crippen MR) is 125 cm³/mol. The topological polar surface area (TPSA) is 39.7 Å². The maximum Gasteiger partial charge on any atom is 0.191 e. The Balaban J connectivity index is 0.00000280. The zero-order valence-electron chi connectivity index (χ0n) is 16.8. The highest BCUT2D eigenvalue weighted by atomic mass is 127. The van der Waals surface area contributed by atoms with Gasteiger partial charge in [-0.15, -0.1) is 24.0 Å². The Morgan fingerprint density at radius 2 is 1.68 bits per heavy atom. The Kier molecular flexibility index (Phi) is 8.24. The number of nitrogens with zero attached hydrogens (tertiary/aromatic N) is 2. The molecule has 1 fully saturated rings. The Morgan fingerprint density at radius 1 is 1.04 bits per heavy atom. The van der Waals surface area contributed by atoms with Crippen LogP contribution in [0.25, 0.3) is 0 Å². The molecule has 0 aliphatic heterocycles. The van der Waals surface area contributed by atoms with Crippen LogP contribution >= 0.6 is 24.0 Å². The molecule has 0 unspecified atom stereocenters. The van der Waals surface area contributed by atoms with Crippen molar-refractivity contribution in [1.29, 1.82) is 0 Å². The first-order valence-corrected chi connectivity index (χ1v) is 9.44. The summed E-state index contributed by atoms with van der Waals surface area (Å²) in [5.41, 5.74) is 3.21. The van der Waals surface area contributed by atoms with Crippen molar-refractivity contribution in [3.8, 4) is 0 Å². The Morgan fingerprint density at radius 3 is 2.25 bits per heavy atom. The third kappa shape index (κ3) is 5.91. The van der Waals surface area contributed by atoms with Crippen LogP contribution in [-0.2, 0) is 18.5 Å². The molecule has 0 spiro atoms. The first-order chi connectivity index (χ1) is 13.0. The van der Waals surface area contributed by atoms with Crippen molar-refractivity contribution in [3.63, 3.8) is 0 Å². The highest BCUT2D eigenvalue weighted by Gasteiger charge is 2.45. The number of nitrogens with one attached hydrogen (secondary N) is 2. The highest BCUT2D eigenvalue weighted by Crippen LogP contribution is 2.48. The summed E-state index contributed by atoms with van der Waals surface area (Å²) >= 11 is 0. The van der Waals surface area contributed by atoms with Crippen LogP contribution in [0.3, 0.4) is 0 Å². The van der Waals surface area contributed by atoms with Crippen LogP contribution < -0.4 is 10.6 Å². The molecule has 0 amide bonds. The molecule has 1 saturated carbocycles. The van der Waals surface area contributed by atoms with Gasteiger partial charge in [0, 0.05) is 32.1 Å². The van der Waals surface area contributed by atoms with E-state index in [1.54, 1.807) is 19.2 Å². The van der Waals surface area contributed by atoms with E-state index in [1.165, 1.54) is 11.1 Å². The Bertz CT molecular complexity index is 785. The fourth-order valence-corrected chi connectivity index (χ4v) is 3.37. The fourth-order valence-electron chi connectivity index (χ4n) is 3.37. The molecule has 0 saturated heterocycles. The van der Waals surface area contributed by atoms with E-state index >= 15 is 0 Å². The molecule has 28 heavy (non-hydrogen) atoms. The minimum absolute atomic E-state index is 0. The van der Waals surface area contributed by atoms with Crippen LogP contribution in [0.4, 0.5) is 4.39 Å². The van der Waals surface area contributed by atoms with E-state index in [4.69, 9.17) is 0 Å². The standard InChI is InChI=1S/C22H29FN4.HI/c1-24-21(25-14-17-8-10-18(11-9-17)15-27(2)3)26-16-22(12-13-22)19-6-4-5-7-20(19)23;/h4-11H,12-16H2,1-3H3,(H2,24,25,26);1H. The first kappa shape index (κ1) is 22.6. The highest BCUT2D eigenvalue weighted by molar-refractivity contribution is 14.0. The summed E-state index contributed by atoms with van der Waals surface area (Å²) in [5, 5.41) is 6.72. The van der Waals surface area contributed by atoms with Crippen LogP contribution in [-0.4, -0.2) is 38.5 Å². The monoisotopic (exact) mass is 496 g/mol. The molecule has 152 valence electrons. The molecular formula is C22H30FIN4. The maximum atomic E-state index is 14.1. The van der Waals surface area contributed by atoms with Gasteiger partial charge < -0.3 is 15.5 Å². The number of benzene rings is 2. The molecule has 1 aliphatic carbocycles. The van der Waals surface area contributed by atoms with Gasteiger partial charge in [0.05, 0.1) is 0 Å². The largest absolute Gasteiger partial charge is 0.356 e. The summed E-state index contributed by atoms with van der Waals surface area (Å²) in [6.07, 6.45) is 2.01. The molecule has 3 rings (SSSR count). The van der Waals surface area contributed by atoms with Crippen molar-refractivity contribution < 1.29 is 4.39 Å². The summed E-state index contributed by atoms with van der Waals surface area (Å²) in [4.78, 5) is 6.46. The SMILES string of the molecule is CN=C(NCc1ccc(CN(C)C)cc1)NCC1(c2ccccc2F)CC1.I. The summed E-state index contributed by atoms with van der Waals surface area (Å²) in [6, 6.07) is 15.7. The molecule has 2 aromatic rings. The van der Waals surface area contributed by atoms with E-state index in [9.17, 15) is 4.39 Å². The zero-order valence-corrected chi connectivity index (χ0v) is 19.2. The minimum Gasteiger partial charge on any atom is -0.356 e. The normalized spacial score (nSPS) is 15.1. The van der Waals surface area contributed by atoms with E-state index in [2.05, 4.69) is 58.9 Å². The van der Waals surface area contributed by atoms with Crippen LogP contribution in [0, 0.1) is 5.82 Å². The molecule has 2 N–H and O–H groups in total. The lowest BCUT2D eigenvalue weighted by Gasteiger charge is -2.19. The van der Waals surface area contributed by atoms with Gasteiger partial charge in [0.1, 0.15) is 5.82 Å². The van der Waals surface area contributed by atoms with Crippen LogP contribution in [0.2, 0.25) is 0 Å². The lowest BCUT2D eigenvalue weighted by molar-refractivity contribution is 0.402. The van der Waals surface area contributed by atoms with Crippen molar-refractivity contribution in [2.24, 2.45) is 4.99 Å². The number of halogens is 2. The number of hydrogen-bond donors (Lipinski definition) is 2. The lowest BCUT2D eigenvalue weighted by atomic mass is 9.95. The minimum atomic E-state index is -0.113. The van der Waals surface area contributed by atoms with E-state index in [0.29, 0.717) is 13.1 Å². The molecule has 0 heterocycles. The van der Waals surface area contributed by atoms with Gasteiger partial charge in [-0.3, -0.25) is 4.99 Å². The van der Waals surface area contributed by atoms with Crippen molar-refractivity contribution in [2.45, 2.75) is 31.3 Å². The van der Waals surface area contributed by atoms with Crippen molar-refractivity contribution in [1.82, 2.24) is 15.5 Å². The Hall–Kier alpha value is -1.67. The predicted octanol–water partition coefficient (Wildman–Crippen LogP) is 3.90. The van der Waals surface area contributed by atoms with E-state index in [0.717, 1.165) is 30.9 Å². The van der Waals surface area contributed by atoms with Crippen molar-refractivity contribution in [3.05, 3.63) is 71.0 Å². The smallest absolute Gasteiger partial charge is 0.191 e. The van der Waals surface area contributed by atoms with E-state index in [-0.39, 0.29) is 35.2 Å². The fraction of sp³-hybridized carbons (Fsp3) is 0.409. The third-order valence-electron chi connectivity index (χ3n) is 5.10.